The highest BCUT2D eigenvalue weighted by atomic mass is 16.5. The van der Waals surface area contributed by atoms with E-state index in [1.54, 1.807) is 0 Å². The average Bonchev–Trinajstić information content (AvgIpc) is 2.39. The number of nitrogens with zero attached hydrogens (tertiary/aromatic N) is 1. The quantitative estimate of drug-likeness (QED) is 0.868. The minimum Gasteiger partial charge on any atom is -0.474 e. The first-order chi connectivity index (χ1) is 8.75. The summed E-state index contributed by atoms with van der Waals surface area (Å²) in [5.74, 6) is 0.817. The minimum absolute atomic E-state index is 0.367. The molecule has 0 unspecified atom stereocenters. The van der Waals surface area contributed by atoms with Gasteiger partial charge in [0.25, 0.3) is 0 Å². The molecule has 1 aliphatic carbocycles. The summed E-state index contributed by atoms with van der Waals surface area (Å²) in [6, 6.07) is 4.55. The molecule has 1 fully saturated rings. The molecule has 2 rings (SSSR count). The zero-order valence-electron chi connectivity index (χ0n) is 11.5. The second-order valence-electron chi connectivity index (χ2n) is 5.38. The van der Waals surface area contributed by atoms with E-state index in [4.69, 9.17) is 4.74 Å². The SMILES string of the molecule is CC(C)NCc1cccnc1OC1CCCCC1. The van der Waals surface area contributed by atoms with E-state index in [2.05, 4.69) is 30.2 Å². The van der Waals surface area contributed by atoms with Crippen LogP contribution in [0, 0.1) is 0 Å². The topological polar surface area (TPSA) is 34.2 Å². The fourth-order valence-corrected chi connectivity index (χ4v) is 2.32. The molecule has 1 aromatic heterocycles. The highest BCUT2D eigenvalue weighted by Gasteiger charge is 2.16. The van der Waals surface area contributed by atoms with Crippen molar-refractivity contribution in [3.63, 3.8) is 0 Å². The molecule has 0 spiro atoms. The third kappa shape index (κ3) is 3.98. The van der Waals surface area contributed by atoms with Gasteiger partial charge in [0.1, 0.15) is 6.10 Å². The Morgan fingerprint density at radius 1 is 1.33 bits per heavy atom. The van der Waals surface area contributed by atoms with Crippen LogP contribution in [0.1, 0.15) is 51.5 Å². The third-order valence-corrected chi connectivity index (χ3v) is 3.38. The predicted octanol–water partition coefficient (Wildman–Crippen LogP) is 3.29. The Hall–Kier alpha value is -1.09. The molecule has 0 aromatic carbocycles. The lowest BCUT2D eigenvalue weighted by atomic mass is 9.98. The zero-order valence-corrected chi connectivity index (χ0v) is 11.5. The van der Waals surface area contributed by atoms with Gasteiger partial charge in [-0.2, -0.15) is 0 Å². The largest absolute Gasteiger partial charge is 0.474 e. The molecular weight excluding hydrogens is 224 g/mol. The Labute approximate surface area is 110 Å². The molecule has 100 valence electrons. The Morgan fingerprint density at radius 3 is 2.83 bits per heavy atom. The lowest BCUT2D eigenvalue weighted by molar-refractivity contribution is 0.147. The van der Waals surface area contributed by atoms with Crippen molar-refractivity contribution < 1.29 is 4.74 Å². The van der Waals surface area contributed by atoms with Gasteiger partial charge in [-0.25, -0.2) is 4.98 Å². The van der Waals surface area contributed by atoms with Crippen LogP contribution in [0.15, 0.2) is 18.3 Å². The predicted molar refractivity (Wildman–Crippen MR) is 73.7 cm³/mol. The smallest absolute Gasteiger partial charge is 0.218 e. The molecule has 3 heteroatoms. The molecule has 0 aliphatic heterocycles. The molecule has 0 bridgehead atoms. The molecule has 1 N–H and O–H groups in total. The van der Waals surface area contributed by atoms with Gasteiger partial charge in [-0.1, -0.05) is 26.3 Å². The van der Waals surface area contributed by atoms with Gasteiger partial charge in [-0.05, 0) is 31.7 Å². The van der Waals surface area contributed by atoms with E-state index < -0.39 is 0 Å². The molecule has 3 nitrogen and oxygen atoms in total. The zero-order chi connectivity index (χ0) is 12.8. The lowest BCUT2D eigenvalue weighted by Gasteiger charge is -2.23. The van der Waals surface area contributed by atoms with Crippen molar-refractivity contribution in [1.29, 1.82) is 0 Å². The summed E-state index contributed by atoms with van der Waals surface area (Å²) in [7, 11) is 0. The van der Waals surface area contributed by atoms with Crippen molar-refractivity contribution in [2.75, 3.05) is 0 Å². The van der Waals surface area contributed by atoms with Gasteiger partial charge in [-0.3, -0.25) is 0 Å². The van der Waals surface area contributed by atoms with E-state index in [0.717, 1.165) is 18.0 Å². The van der Waals surface area contributed by atoms with Crippen LogP contribution in [0.3, 0.4) is 0 Å². The van der Waals surface area contributed by atoms with Crippen LogP contribution in [0.5, 0.6) is 5.88 Å². The summed E-state index contributed by atoms with van der Waals surface area (Å²) in [5, 5.41) is 3.42. The molecule has 1 saturated carbocycles. The molecule has 1 aromatic rings. The molecule has 1 aliphatic rings. The van der Waals surface area contributed by atoms with Crippen LogP contribution >= 0.6 is 0 Å². The van der Waals surface area contributed by atoms with Gasteiger partial charge < -0.3 is 10.1 Å². The Bertz CT molecular complexity index is 359. The Kier molecular flexibility index (Phi) is 5.00. The third-order valence-electron chi connectivity index (χ3n) is 3.38. The fraction of sp³-hybridized carbons (Fsp3) is 0.667. The van der Waals surface area contributed by atoms with Gasteiger partial charge >= 0.3 is 0 Å². The first-order valence-electron chi connectivity index (χ1n) is 7.09. The van der Waals surface area contributed by atoms with Crippen LogP contribution in [0.4, 0.5) is 0 Å². The van der Waals surface area contributed by atoms with Gasteiger partial charge in [-0.15, -0.1) is 0 Å². The minimum atomic E-state index is 0.367. The van der Waals surface area contributed by atoms with E-state index in [9.17, 15) is 0 Å². The maximum Gasteiger partial charge on any atom is 0.218 e. The van der Waals surface area contributed by atoms with E-state index in [-0.39, 0.29) is 0 Å². The summed E-state index contributed by atoms with van der Waals surface area (Å²) < 4.78 is 6.07. The number of nitrogens with one attached hydrogen (secondary N) is 1. The number of hydrogen-bond acceptors (Lipinski definition) is 3. The molecule has 0 atom stereocenters. The van der Waals surface area contributed by atoms with Gasteiger partial charge in [0.2, 0.25) is 5.88 Å². The fourth-order valence-electron chi connectivity index (χ4n) is 2.32. The van der Waals surface area contributed by atoms with Gasteiger partial charge in [0.15, 0.2) is 0 Å². The summed E-state index contributed by atoms with van der Waals surface area (Å²) in [4.78, 5) is 4.39. The number of aromatic nitrogens is 1. The van der Waals surface area contributed by atoms with Crippen LogP contribution < -0.4 is 10.1 Å². The van der Waals surface area contributed by atoms with Crippen molar-refractivity contribution in [3.05, 3.63) is 23.9 Å². The van der Waals surface area contributed by atoms with Crippen molar-refractivity contribution in [2.24, 2.45) is 0 Å². The summed E-state index contributed by atoms with van der Waals surface area (Å²) >= 11 is 0. The number of hydrogen-bond donors (Lipinski definition) is 1. The van der Waals surface area contributed by atoms with Crippen LogP contribution in [0.25, 0.3) is 0 Å². The Balaban J connectivity index is 1.97. The Morgan fingerprint density at radius 2 is 2.11 bits per heavy atom. The van der Waals surface area contributed by atoms with E-state index in [0.29, 0.717) is 12.1 Å². The second-order valence-corrected chi connectivity index (χ2v) is 5.38. The normalized spacial score (nSPS) is 17.1. The van der Waals surface area contributed by atoms with Crippen molar-refractivity contribution in [2.45, 2.75) is 64.6 Å². The summed E-state index contributed by atoms with van der Waals surface area (Å²) in [6.45, 7) is 5.13. The van der Waals surface area contributed by atoms with Gasteiger partial charge in [0, 0.05) is 24.3 Å². The molecule has 0 saturated heterocycles. The summed E-state index contributed by atoms with van der Waals surface area (Å²) in [6.07, 6.45) is 8.46. The maximum atomic E-state index is 6.07. The monoisotopic (exact) mass is 248 g/mol. The molecular formula is C15H24N2O. The van der Waals surface area contributed by atoms with Gasteiger partial charge in [0.05, 0.1) is 0 Å². The molecule has 0 amide bonds. The van der Waals surface area contributed by atoms with Crippen LogP contribution in [-0.4, -0.2) is 17.1 Å². The van der Waals surface area contributed by atoms with Crippen LogP contribution in [-0.2, 0) is 6.54 Å². The van der Waals surface area contributed by atoms with Crippen molar-refractivity contribution >= 4 is 0 Å². The standard InChI is InChI=1S/C15H24N2O/c1-12(2)17-11-13-7-6-10-16-15(13)18-14-8-4-3-5-9-14/h6-7,10,12,14,17H,3-5,8-9,11H2,1-2H3. The first kappa shape index (κ1) is 13.3. The number of ether oxygens (including phenoxy) is 1. The van der Waals surface area contributed by atoms with E-state index >= 15 is 0 Å². The van der Waals surface area contributed by atoms with Crippen molar-refractivity contribution in [1.82, 2.24) is 10.3 Å². The molecule has 0 radical (unpaired) electrons. The highest BCUT2D eigenvalue weighted by Crippen LogP contribution is 2.24. The van der Waals surface area contributed by atoms with Crippen LogP contribution in [0.2, 0.25) is 0 Å². The van der Waals surface area contributed by atoms with E-state index in [1.807, 2.05) is 12.3 Å². The highest BCUT2D eigenvalue weighted by molar-refractivity contribution is 5.25. The second kappa shape index (κ2) is 6.74. The number of pyridine rings is 1. The van der Waals surface area contributed by atoms with E-state index in [1.165, 1.54) is 32.1 Å². The lowest BCUT2D eigenvalue weighted by Crippen LogP contribution is -2.24. The molecule has 18 heavy (non-hydrogen) atoms. The first-order valence-corrected chi connectivity index (χ1v) is 7.09. The van der Waals surface area contributed by atoms with Crippen molar-refractivity contribution in [3.8, 4) is 5.88 Å². The molecule has 1 heterocycles. The average molecular weight is 248 g/mol. The maximum absolute atomic E-state index is 6.07. The number of rotatable bonds is 5. The summed E-state index contributed by atoms with van der Waals surface area (Å²) in [5.41, 5.74) is 1.16.